The molecule has 0 heterocycles. The van der Waals surface area contributed by atoms with Crippen molar-refractivity contribution in [2.45, 2.75) is 19.8 Å². The summed E-state index contributed by atoms with van der Waals surface area (Å²) in [5.41, 5.74) is 2.01. The van der Waals surface area contributed by atoms with Gasteiger partial charge >= 0.3 is 0 Å². The Morgan fingerprint density at radius 1 is 1.24 bits per heavy atom. The van der Waals surface area contributed by atoms with Gasteiger partial charge < -0.3 is 5.32 Å². The number of benzene rings is 1. The molecule has 1 aromatic carbocycles. The fourth-order valence-electron chi connectivity index (χ4n) is 1.59. The Balaban J connectivity index is 2.65. The highest BCUT2D eigenvalue weighted by Gasteiger charge is 2.15. The Labute approximate surface area is 103 Å². The Morgan fingerprint density at radius 2 is 1.76 bits per heavy atom. The number of nitrogens with one attached hydrogen (secondary N) is 1. The smallest absolute Gasteiger partial charge is 0.228 e. The quantitative estimate of drug-likeness (QED) is 0.740. The highest BCUT2D eigenvalue weighted by atomic mass is 16.1. The molecule has 0 saturated carbocycles. The first-order valence-electron chi connectivity index (χ1n) is 5.76. The van der Waals surface area contributed by atoms with Crippen molar-refractivity contribution < 1.29 is 4.79 Å². The van der Waals surface area contributed by atoms with Crippen LogP contribution in [0.25, 0.3) is 0 Å². The molecule has 0 spiro atoms. The summed E-state index contributed by atoms with van der Waals surface area (Å²) < 4.78 is 0. The Morgan fingerprint density at radius 3 is 2.24 bits per heavy atom. The van der Waals surface area contributed by atoms with E-state index < -0.39 is 0 Å². The number of carbonyl (C=O) groups is 1. The Bertz CT molecular complexity index is 382. The predicted molar refractivity (Wildman–Crippen MR) is 72.9 cm³/mol. The Hall–Kier alpha value is -1.83. The predicted octanol–water partition coefficient (Wildman–Crippen LogP) is 3.70. The van der Waals surface area contributed by atoms with Crippen LogP contribution in [-0.4, -0.2) is 5.91 Å². The molecule has 0 aliphatic carbocycles. The minimum absolute atomic E-state index is 0.0219. The number of allylic oxidation sites excluding steroid dienone is 2. The SMILES string of the molecule is C=CCC(CC=C)C(=O)Nc1ccc(C)cc1. The number of hydrogen-bond acceptors (Lipinski definition) is 1. The molecule has 0 aromatic heterocycles. The largest absolute Gasteiger partial charge is 0.326 e. The average Bonchev–Trinajstić information content (AvgIpc) is 2.32. The monoisotopic (exact) mass is 229 g/mol. The maximum Gasteiger partial charge on any atom is 0.228 e. The van der Waals surface area contributed by atoms with Crippen LogP contribution in [0.1, 0.15) is 18.4 Å². The van der Waals surface area contributed by atoms with Crippen molar-refractivity contribution in [3.63, 3.8) is 0 Å². The lowest BCUT2D eigenvalue weighted by Crippen LogP contribution is -2.21. The van der Waals surface area contributed by atoms with Crippen molar-refractivity contribution in [1.82, 2.24) is 0 Å². The molecule has 0 atom stereocenters. The third-order valence-electron chi connectivity index (χ3n) is 2.59. The molecule has 0 aliphatic heterocycles. The van der Waals surface area contributed by atoms with Gasteiger partial charge in [-0.3, -0.25) is 4.79 Å². The van der Waals surface area contributed by atoms with Crippen LogP contribution in [-0.2, 0) is 4.79 Å². The van der Waals surface area contributed by atoms with E-state index in [1.165, 1.54) is 5.56 Å². The van der Waals surface area contributed by atoms with E-state index in [-0.39, 0.29) is 11.8 Å². The van der Waals surface area contributed by atoms with Crippen LogP contribution >= 0.6 is 0 Å². The van der Waals surface area contributed by atoms with E-state index in [9.17, 15) is 4.79 Å². The van der Waals surface area contributed by atoms with Crippen molar-refractivity contribution in [3.8, 4) is 0 Å². The first-order valence-corrected chi connectivity index (χ1v) is 5.76. The fourth-order valence-corrected chi connectivity index (χ4v) is 1.59. The van der Waals surface area contributed by atoms with Crippen LogP contribution in [0.3, 0.4) is 0 Å². The molecule has 17 heavy (non-hydrogen) atoms. The molecule has 1 aromatic rings. The lowest BCUT2D eigenvalue weighted by molar-refractivity contribution is -0.119. The lowest BCUT2D eigenvalue weighted by atomic mass is 10.0. The van der Waals surface area contributed by atoms with Gasteiger partial charge in [0.1, 0.15) is 0 Å². The first kappa shape index (κ1) is 13.2. The molecule has 1 amide bonds. The number of hydrogen-bond donors (Lipinski definition) is 1. The van der Waals surface area contributed by atoms with E-state index in [0.29, 0.717) is 12.8 Å². The number of rotatable bonds is 6. The molecular weight excluding hydrogens is 210 g/mol. The van der Waals surface area contributed by atoms with Crippen LogP contribution in [0, 0.1) is 12.8 Å². The van der Waals surface area contributed by atoms with Gasteiger partial charge in [-0.05, 0) is 31.9 Å². The molecule has 90 valence electrons. The van der Waals surface area contributed by atoms with Gasteiger partial charge in [0.15, 0.2) is 0 Å². The van der Waals surface area contributed by atoms with Crippen molar-refractivity contribution in [1.29, 1.82) is 0 Å². The van der Waals surface area contributed by atoms with Crippen LogP contribution in [0.5, 0.6) is 0 Å². The summed E-state index contributed by atoms with van der Waals surface area (Å²) in [6.07, 6.45) is 4.87. The summed E-state index contributed by atoms with van der Waals surface area (Å²) in [5, 5.41) is 2.90. The molecule has 1 rings (SSSR count). The zero-order chi connectivity index (χ0) is 12.7. The fraction of sp³-hybridized carbons (Fsp3) is 0.267. The second kappa shape index (κ2) is 6.69. The molecule has 0 radical (unpaired) electrons. The average molecular weight is 229 g/mol. The molecule has 0 saturated heterocycles. The van der Waals surface area contributed by atoms with Crippen molar-refractivity contribution >= 4 is 11.6 Å². The third kappa shape index (κ3) is 4.27. The molecule has 0 fully saturated rings. The van der Waals surface area contributed by atoms with Gasteiger partial charge in [-0.1, -0.05) is 29.8 Å². The number of carbonyl (C=O) groups excluding carboxylic acids is 1. The maximum absolute atomic E-state index is 12.0. The molecule has 2 nitrogen and oxygen atoms in total. The highest BCUT2D eigenvalue weighted by Crippen LogP contribution is 2.15. The third-order valence-corrected chi connectivity index (χ3v) is 2.59. The summed E-state index contributed by atoms with van der Waals surface area (Å²) in [4.78, 5) is 12.0. The maximum atomic E-state index is 12.0. The van der Waals surface area contributed by atoms with Gasteiger partial charge in [-0.25, -0.2) is 0 Å². The summed E-state index contributed by atoms with van der Waals surface area (Å²) in [7, 11) is 0. The standard InChI is InChI=1S/C15H19NO/c1-4-6-13(7-5-2)15(17)16-14-10-8-12(3)9-11-14/h4-5,8-11,13H,1-2,6-7H2,3H3,(H,16,17). The summed E-state index contributed by atoms with van der Waals surface area (Å²) in [6.45, 7) is 9.36. The van der Waals surface area contributed by atoms with Gasteiger partial charge in [-0.2, -0.15) is 0 Å². The van der Waals surface area contributed by atoms with Crippen molar-refractivity contribution in [3.05, 3.63) is 55.1 Å². The topological polar surface area (TPSA) is 29.1 Å². The zero-order valence-electron chi connectivity index (χ0n) is 10.3. The van der Waals surface area contributed by atoms with E-state index >= 15 is 0 Å². The van der Waals surface area contributed by atoms with Crippen LogP contribution in [0.15, 0.2) is 49.6 Å². The second-order valence-corrected chi connectivity index (χ2v) is 4.10. The van der Waals surface area contributed by atoms with E-state index in [0.717, 1.165) is 5.69 Å². The molecule has 0 aliphatic rings. The van der Waals surface area contributed by atoms with E-state index in [1.54, 1.807) is 12.2 Å². The summed E-state index contributed by atoms with van der Waals surface area (Å²) in [5.74, 6) is -0.0556. The number of anilines is 1. The first-order chi connectivity index (χ1) is 8.17. The molecule has 1 N–H and O–H groups in total. The van der Waals surface area contributed by atoms with Crippen LogP contribution < -0.4 is 5.32 Å². The summed E-state index contributed by atoms with van der Waals surface area (Å²) in [6, 6.07) is 7.77. The van der Waals surface area contributed by atoms with Crippen LogP contribution in [0.2, 0.25) is 0 Å². The Kier molecular flexibility index (Phi) is 5.21. The van der Waals surface area contributed by atoms with E-state index in [1.807, 2.05) is 31.2 Å². The summed E-state index contributed by atoms with van der Waals surface area (Å²) >= 11 is 0. The van der Waals surface area contributed by atoms with Gasteiger partial charge in [0.05, 0.1) is 0 Å². The minimum atomic E-state index is -0.0775. The second-order valence-electron chi connectivity index (χ2n) is 4.10. The van der Waals surface area contributed by atoms with Crippen molar-refractivity contribution in [2.24, 2.45) is 5.92 Å². The zero-order valence-corrected chi connectivity index (χ0v) is 10.3. The van der Waals surface area contributed by atoms with Crippen LogP contribution in [0.4, 0.5) is 5.69 Å². The van der Waals surface area contributed by atoms with E-state index in [4.69, 9.17) is 0 Å². The number of aryl methyl sites for hydroxylation is 1. The van der Waals surface area contributed by atoms with Crippen molar-refractivity contribution in [2.75, 3.05) is 5.32 Å². The lowest BCUT2D eigenvalue weighted by Gasteiger charge is -2.13. The minimum Gasteiger partial charge on any atom is -0.326 e. The molecule has 0 unspecified atom stereocenters. The van der Waals surface area contributed by atoms with Gasteiger partial charge in [0.25, 0.3) is 0 Å². The number of amides is 1. The highest BCUT2D eigenvalue weighted by molar-refractivity contribution is 5.92. The molecule has 0 bridgehead atoms. The van der Waals surface area contributed by atoms with Gasteiger partial charge in [0, 0.05) is 11.6 Å². The normalized spacial score (nSPS) is 10.0. The molecule has 2 heteroatoms. The van der Waals surface area contributed by atoms with Gasteiger partial charge in [-0.15, -0.1) is 13.2 Å². The van der Waals surface area contributed by atoms with Gasteiger partial charge in [0.2, 0.25) is 5.91 Å². The molecular formula is C15H19NO. The van der Waals surface area contributed by atoms with E-state index in [2.05, 4.69) is 18.5 Å².